The number of rotatable bonds is 3. The highest BCUT2D eigenvalue weighted by atomic mass is 32.2. The molecular formula is C16H19NO4S. The number of aliphatic hydroxyl groups excluding tert-OH is 1. The van der Waals surface area contributed by atoms with Gasteiger partial charge in [0.1, 0.15) is 0 Å². The van der Waals surface area contributed by atoms with Crippen molar-refractivity contribution < 1.29 is 18.3 Å². The molecule has 0 radical (unpaired) electrons. The second-order valence-electron chi connectivity index (χ2n) is 6.12. The first-order valence-electron chi connectivity index (χ1n) is 7.32. The second-order valence-corrected chi connectivity index (χ2v) is 7.93. The molecule has 22 heavy (non-hydrogen) atoms. The van der Waals surface area contributed by atoms with Crippen molar-refractivity contribution in [3.63, 3.8) is 0 Å². The van der Waals surface area contributed by atoms with Crippen LogP contribution in [0.4, 0.5) is 0 Å². The Morgan fingerprint density at radius 1 is 1.23 bits per heavy atom. The lowest BCUT2D eigenvalue weighted by Crippen LogP contribution is -2.42. The Bertz CT molecular complexity index is 713. The third-order valence-electron chi connectivity index (χ3n) is 4.58. The van der Waals surface area contributed by atoms with Gasteiger partial charge in [-0.1, -0.05) is 29.8 Å². The van der Waals surface area contributed by atoms with E-state index in [0.29, 0.717) is 19.3 Å². The molecular weight excluding hydrogens is 302 g/mol. The van der Waals surface area contributed by atoms with Gasteiger partial charge in [0, 0.05) is 0 Å². The number of sulfonamides is 1. The quantitative estimate of drug-likeness (QED) is 0.858. The lowest BCUT2D eigenvalue weighted by Gasteiger charge is -2.24. The summed E-state index contributed by atoms with van der Waals surface area (Å²) in [7, 11) is -3.93. The summed E-state index contributed by atoms with van der Waals surface area (Å²) < 4.78 is 26.6. The smallest absolute Gasteiger partial charge is 0.266 e. The Morgan fingerprint density at radius 3 is 2.36 bits per heavy atom. The summed E-state index contributed by atoms with van der Waals surface area (Å²) in [6, 6.07) is 5.73. The van der Waals surface area contributed by atoms with Gasteiger partial charge in [-0.2, -0.15) is 0 Å². The fourth-order valence-electron chi connectivity index (χ4n) is 3.33. The van der Waals surface area contributed by atoms with Crippen molar-refractivity contribution in [2.75, 3.05) is 6.61 Å². The van der Waals surface area contributed by atoms with Crippen LogP contribution >= 0.6 is 0 Å². The summed E-state index contributed by atoms with van der Waals surface area (Å²) in [5, 5.41) is 9.57. The van der Waals surface area contributed by atoms with Crippen LogP contribution in [0.25, 0.3) is 0 Å². The summed E-state index contributed by atoms with van der Waals surface area (Å²) in [6.45, 7) is 1.52. The lowest BCUT2D eigenvalue weighted by molar-refractivity contribution is -0.132. The number of hydrogen-bond acceptors (Lipinski definition) is 4. The number of aryl methyl sites for hydroxylation is 1. The maximum absolute atomic E-state index is 12.8. The molecule has 1 aliphatic heterocycles. The number of aliphatic hydroxyl groups is 1. The van der Waals surface area contributed by atoms with Crippen LogP contribution in [0.3, 0.4) is 0 Å². The Balaban J connectivity index is 2.01. The van der Waals surface area contributed by atoms with Crippen molar-refractivity contribution in [3.8, 4) is 0 Å². The van der Waals surface area contributed by atoms with Crippen molar-refractivity contribution in [2.24, 2.45) is 5.41 Å². The third kappa shape index (κ3) is 2.18. The summed E-state index contributed by atoms with van der Waals surface area (Å²) in [6.07, 6.45) is 5.29. The molecule has 1 aromatic carbocycles. The number of hydrogen-bond donors (Lipinski definition) is 1. The number of allylic oxidation sites excluding steroid dienone is 2. The molecule has 1 aromatic rings. The minimum absolute atomic E-state index is 0.0907. The van der Waals surface area contributed by atoms with Gasteiger partial charge < -0.3 is 5.11 Å². The maximum Gasteiger partial charge on any atom is 0.266 e. The average Bonchev–Trinajstić information content (AvgIpc) is 3.06. The topological polar surface area (TPSA) is 74.7 Å². The van der Waals surface area contributed by atoms with Gasteiger partial charge in [-0.3, -0.25) is 4.79 Å². The lowest BCUT2D eigenvalue weighted by atomic mass is 9.82. The molecule has 1 N–H and O–H groups in total. The molecule has 1 unspecified atom stereocenters. The van der Waals surface area contributed by atoms with Crippen LogP contribution < -0.4 is 0 Å². The summed E-state index contributed by atoms with van der Waals surface area (Å²) in [5.74, 6) is -0.392. The predicted molar refractivity (Wildman–Crippen MR) is 81.5 cm³/mol. The molecule has 1 fully saturated rings. The number of nitrogens with zero attached hydrogens (tertiary/aromatic N) is 1. The van der Waals surface area contributed by atoms with E-state index in [2.05, 4.69) is 0 Å². The molecule has 1 spiro atoms. The third-order valence-corrected chi connectivity index (χ3v) is 6.43. The van der Waals surface area contributed by atoms with Crippen LogP contribution in [0, 0.1) is 12.3 Å². The first kappa shape index (κ1) is 15.2. The number of carbonyl (C=O) groups is 1. The Morgan fingerprint density at radius 2 is 1.82 bits per heavy atom. The molecule has 1 amide bonds. The van der Waals surface area contributed by atoms with E-state index in [1.165, 1.54) is 12.1 Å². The number of carbonyl (C=O) groups excluding carboxylic acids is 1. The van der Waals surface area contributed by atoms with Crippen molar-refractivity contribution in [1.29, 1.82) is 0 Å². The van der Waals surface area contributed by atoms with E-state index in [4.69, 9.17) is 0 Å². The Hall–Kier alpha value is -1.66. The monoisotopic (exact) mass is 321 g/mol. The fraction of sp³-hybridized carbons (Fsp3) is 0.438. The average molecular weight is 321 g/mol. The van der Waals surface area contributed by atoms with Gasteiger partial charge in [-0.15, -0.1) is 0 Å². The highest BCUT2D eigenvalue weighted by Crippen LogP contribution is 2.47. The highest BCUT2D eigenvalue weighted by molar-refractivity contribution is 7.89. The van der Waals surface area contributed by atoms with Crippen LogP contribution in [-0.4, -0.2) is 36.4 Å². The molecule has 6 heteroatoms. The van der Waals surface area contributed by atoms with Crippen molar-refractivity contribution >= 4 is 15.9 Å². The minimum atomic E-state index is -3.93. The molecule has 0 bridgehead atoms. The number of amides is 1. The van der Waals surface area contributed by atoms with Crippen LogP contribution in [0.2, 0.25) is 0 Å². The molecule has 5 nitrogen and oxygen atoms in total. The molecule has 118 valence electrons. The molecule has 1 saturated heterocycles. The van der Waals surface area contributed by atoms with Gasteiger partial charge in [-0.05, 0) is 38.3 Å². The molecule has 3 rings (SSSR count). The minimum Gasteiger partial charge on any atom is -0.394 e. The van der Waals surface area contributed by atoms with E-state index in [-0.39, 0.29) is 11.5 Å². The normalized spacial score (nSPS) is 23.6. The van der Waals surface area contributed by atoms with Gasteiger partial charge in [0.15, 0.2) is 0 Å². The predicted octanol–water partition coefficient (Wildman–Crippen LogP) is 1.61. The standard InChI is InChI=1S/C16H19NO4S/c1-12-4-6-14(7-5-12)22(20,21)17-13(11-18)10-16(15(17)19)8-2-3-9-16/h2-7,13,18H,8-11H2,1H3. The fourth-order valence-corrected chi connectivity index (χ4v) is 4.98. The van der Waals surface area contributed by atoms with E-state index >= 15 is 0 Å². The van der Waals surface area contributed by atoms with E-state index in [0.717, 1.165) is 9.87 Å². The van der Waals surface area contributed by atoms with E-state index in [1.54, 1.807) is 12.1 Å². The summed E-state index contributed by atoms with van der Waals surface area (Å²) in [4.78, 5) is 12.9. The molecule has 1 heterocycles. The zero-order chi connectivity index (χ0) is 16.0. The van der Waals surface area contributed by atoms with E-state index in [9.17, 15) is 18.3 Å². The van der Waals surface area contributed by atoms with Gasteiger partial charge in [0.05, 0.1) is 23.0 Å². The Labute approximate surface area is 130 Å². The molecule has 1 atom stereocenters. The summed E-state index contributed by atoms with van der Waals surface area (Å²) in [5.41, 5.74) is 0.257. The van der Waals surface area contributed by atoms with Crippen molar-refractivity contribution in [2.45, 2.75) is 37.1 Å². The van der Waals surface area contributed by atoms with Gasteiger partial charge >= 0.3 is 0 Å². The molecule has 1 aliphatic carbocycles. The first-order valence-corrected chi connectivity index (χ1v) is 8.76. The van der Waals surface area contributed by atoms with Gasteiger partial charge in [0.25, 0.3) is 10.0 Å². The van der Waals surface area contributed by atoms with Crippen LogP contribution in [0.5, 0.6) is 0 Å². The zero-order valence-electron chi connectivity index (χ0n) is 12.4. The summed E-state index contributed by atoms with van der Waals surface area (Å²) >= 11 is 0. The first-order chi connectivity index (χ1) is 10.4. The van der Waals surface area contributed by atoms with E-state index < -0.39 is 27.4 Å². The van der Waals surface area contributed by atoms with Gasteiger partial charge in [0.2, 0.25) is 5.91 Å². The van der Waals surface area contributed by atoms with E-state index in [1.807, 2.05) is 19.1 Å². The van der Waals surface area contributed by atoms with Crippen molar-refractivity contribution in [3.05, 3.63) is 42.0 Å². The number of benzene rings is 1. The van der Waals surface area contributed by atoms with Crippen LogP contribution in [0.15, 0.2) is 41.3 Å². The maximum atomic E-state index is 12.8. The molecule has 0 saturated carbocycles. The van der Waals surface area contributed by atoms with Crippen molar-refractivity contribution in [1.82, 2.24) is 4.31 Å². The molecule has 2 aliphatic rings. The zero-order valence-corrected chi connectivity index (χ0v) is 13.2. The Kier molecular flexibility index (Phi) is 3.61. The van der Waals surface area contributed by atoms with Crippen LogP contribution in [-0.2, 0) is 14.8 Å². The van der Waals surface area contributed by atoms with Gasteiger partial charge in [-0.25, -0.2) is 12.7 Å². The highest BCUT2D eigenvalue weighted by Gasteiger charge is 2.55. The molecule has 0 aromatic heterocycles. The second kappa shape index (κ2) is 5.21. The largest absolute Gasteiger partial charge is 0.394 e. The SMILES string of the molecule is Cc1ccc(S(=O)(=O)N2C(=O)C3(CC=CC3)CC2CO)cc1. The van der Waals surface area contributed by atoms with Crippen LogP contribution in [0.1, 0.15) is 24.8 Å².